The maximum Gasteiger partial charge on any atom is 0.252 e. The molecule has 5 heteroatoms. The van der Waals surface area contributed by atoms with Gasteiger partial charge in [-0.25, -0.2) is 0 Å². The summed E-state index contributed by atoms with van der Waals surface area (Å²) in [6.07, 6.45) is 0. The van der Waals surface area contributed by atoms with Crippen LogP contribution in [0.15, 0.2) is 158 Å². The Kier molecular flexibility index (Phi) is 10.8. The molecule has 71 heavy (non-hydrogen) atoms. The van der Waals surface area contributed by atoms with Gasteiger partial charge in [-0.15, -0.1) is 0 Å². The molecular formula is C66H67BN2O2. The van der Waals surface area contributed by atoms with Gasteiger partial charge in [0.25, 0.3) is 6.71 Å². The Morgan fingerprint density at radius 3 is 1.49 bits per heavy atom. The number of aryl methyl sites for hydroxylation is 1. The molecule has 0 radical (unpaired) electrons. The predicted molar refractivity (Wildman–Crippen MR) is 302 cm³/mol. The standard InChI is InChI=1S/C66H67BN2O2/c1-41-33-57-60-58(34-41)69(55-30-27-49(65(8,9)10)38-52(55)44-17-15-14-16-18-44)61-53(29-32-59-62(61)71-40-70-59)67(60)54-39-50(66(11,12)13)28-31-56(54)68(57)51-36-45(42-19-23-47(24-20-42)63(2,3)4)35-46(37-51)43-21-25-48(26-22-43)64(5,6)7/h14-39H,40H2,1-13H3. The van der Waals surface area contributed by atoms with Gasteiger partial charge < -0.3 is 19.3 Å². The zero-order valence-corrected chi connectivity index (χ0v) is 44.0. The molecule has 0 fully saturated rings. The van der Waals surface area contributed by atoms with E-state index in [1.807, 2.05) is 0 Å². The van der Waals surface area contributed by atoms with Crippen LogP contribution >= 0.6 is 0 Å². The van der Waals surface area contributed by atoms with E-state index in [2.05, 4.69) is 258 Å². The van der Waals surface area contributed by atoms with E-state index >= 15 is 0 Å². The molecule has 0 saturated carbocycles. The van der Waals surface area contributed by atoms with Crippen LogP contribution in [-0.2, 0) is 21.7 Å². The minimum absolute atomic E-state index is 0.0484. The quantitative estimate of drug-likeness (QED) is 0.161. The first-order valence-corrected chi connectivity index (χ1v) is 25.5. The van der Waals surface area contributed by atoms with E-state index in [1.54, 1.807) is 0 Å². The molecule has 0 saturated heterocycles. The third-order valence-electron chi connectivity index (χ3n) is 15.1. The second-order valence-corrected chi connectivity index (χ2v) is 24.4. The summed E-state index contributed by atoms with van der Waals surface area (Å²) in [6.45, 7) is 29.9. The largest absolute Gasteiger partial charge is 0.454 e. The molecule has 4 nitrogen and oxygen atoms in total. The van der Waals surface area contributed by atoms with Crippen molar-refractivity contribution < 1.29 is 9.47 Å². The van der Waals surface area contributed by atoms with Crippen LogP contribution in [0.3, 0.4) is 0 Å². The van der Waals surface area contributed by atoms with Crippen molar-refractivity contribution in [2.45, 2.75) is 112 Å². The average molecular weight is 931 g/mol. The van der Waals surface area contributed by atoms with Crippen LogP contribution in [-0.4, -0.2) is 13.5 Å². The van der Waals surface area contributed by atoms with Crippen LogP contribution in [0, 0.1) is 6.92 Å². The second kappa shape index (κ2) is 16.6. The summed E-state index contributed by atoms with van der Waals surface area (Å²) in [7, 11) is 0. The molecule has 0 aliphatic carbocycles. The third kappa shape index (κ3) is 8.12. The van der Waals surface area contributed by atoms with Gasteiger partial charge in [-0.2, -0.15) is 0 Å². The summed E-state index contributed by atoms with van der Waals surface area (Å²) in [6, 6.07) is 60.1. The summed E-state index contributed by atoms with van der Waals surface area (Å²) in [5.41, 5.74) is 24.0. The Bertz CT molecular complexity index is 3300. The third-order valence-corrected chi connectivity index (χ3v) is 15.1. The van der Waals surface area contributed by atoms with Crippen LogP contribution in [0.1, 0.15) is 111 Å². The highest BCUT2D eigenvalue weighted by molar-refractivity contribution is 7.00. The van der Waals surface area contributed by atoms with Gasteiger partial charge in [-0.1, -0.05) is 186 Å². The normalized spacial score (nSPS) is 14.1. The van der Waals surface area contributed by atoms with E-state index in [-0.39, 0.29) is 35.2 Å². The number of hydrogen-bond donors (Lipinski definition) is 0. The molecule has 0 aromatic heterocycles. The van der Waals surface area contributed by atoms with Gasteiger partial charge in [-0.05, 0) is 155 Å². The fraction of sp³-hybridized carbons (Fsp3) is 0.273. The number of hydrogen-bond acceptors (Lipinski definition) is 4. The molecule has 356 valence electrons. The number of nitrogens with zero attached hydrogens (tertiary/aromatic N) is 2. The number of benzene rings is 8. The van der Waals surface area contributed by atoms with Gasteiger partial charge in [0, 0.05) is 28.3 Å². The number of rotatable bonds is 5. The second-order valence-electron chi connectivity index (χ2n) is 24.4. The van der Waals surface area contributed by atoms with Crippen LogP contribution in [0.25, 0.3) is 33.4 Å². The molecule has 0 N–H and O–H groups in total. The first-order valence-electron chi connectivity index (χ1n) is 25.5. The van der Waals surface area contributed by atoms with E-state index < -0.39 is 0 Å². The Labute approximate surface area is 423 Å². The van der Waals surface area contributed by atoms with Gasteiger partial charge in [0.05, 0.1) is 11.4 Å². The summed E-state index contributed by atoms with van der Waals surface area (Å²) >= 11 is 0. The van der Waals surface area contributed by atoms with Gasteiger partial charge >= 0.3 is 0 Å². The Morgan fingerprint density at radius 2 is 0.930 bits per heavy atom. The fourth-order valence-electron chi connectivity index (χ4n) is 11.0. The van der Waals surface area contributed by atoms with Crippen molar-refractivity contribution in [1.29, 1.82) is 0 Å². The molecule has 8 aromatic rings. The van der Waals surface area contributed by atoms with E-state index in [9.17, 15) is 0 Å². The molecule has 3 heterocycles. The maximum atomic E-state index is 6.60. The summed E-state index contributed by atoms with van der Waals surface area (Å²) in [5, 5.41) is 0. The molecule has 11 rings (SSSR count). The fourth-order valence-corrected chi connectivity index (χ4v) is 11.0. The molecular weight excluding hydrogens is 864 g/mol. The highest BCUT2D eigenvalue weighted by atomic mass is 16.7. The first kappa shape index (κ1) is 46.4. The van der Waals surface area contributed by atoms with Crippen LogP contribution < -0.4 is 35.7 Å². The van der Waals surface area contributed by atoms with Crippen molar-refractivity contribution in [2.24, 2.45) is 0 Å². The van der Waals surface area contributed by atoms with Crippen molar-refractivity contribution in [1.82, 2.24) is 0 Å². The highest BCUT2D eigenvalue weighted by Gasteiger charge is 2.46. The lowest BCUT2D eigenvalue weighted by molar-refractivity contribution is 0.174. The van der Waals surface area contributed by atoms with Crippen LogP contribution in [0.2, 0.25) is 0 Å². The summed E-state index contributed by atoms with van der Waals surface area (Å²) in [4.78, 5) is 5.08. The van der Waals surface area contributed by atoms with Crippen molar-refractivity contribution in [2.75, 3.05) is 16.6 Å². The monoisotopic (exact) mass is 931 g/mol. The van der Waals surface area contributed by atoms with Crippen LogP contribution in [0.4, 0.5) is 34.1 Å². The van der Waals surface area contributed by atoms with Gasteiger partial charge in [-0.3, -0.25) is 0 Å². The Hall–Kier alpha value is -6.98. The van der Waals surface area contributed by atoms with Crippen molar-refractivity contribution >= 4 is 57.2 Å². The topological polar surface area (TPSA) is 24.9 Å². The zero-order chi connectivity index (χ0) is 49.9. The number of fused-ring (bicyclic) bond motifs is 6. The maximum absolute atomic E-state index is 6.60. The summed E-state index contributed by atoms with van der Waals surface area (Å²) in [5.74, 6) is 1.56. The molecule has 0 bridgehead atoms. The molecule has 3 aliphatic rings. The molecule has 8 aromatic carbocycles. The Balaban J connectivity index is 1.22. The average Bonchev–Trinajstić information content (AvgIpc) is 3.82. The lowest BCUT2D eigenvalue weighted by Crippen LogP contribution is -2.61. The zero-order valence-electron chi connectivity index (χ0n) is 44.0. The van der Waals surface area contributed by atoms with E-state index in [0.29, 0.717) is 0 Å². The molecule has 0 spiro atoms. The van der Waals surface area contributed by atoms with Gasteiger partial charge in [0.2, 0.25) is 6.79 Å². The molecule has 0 unspecified atom stereocenters. The minimum atomic E-state index is -0.0959. The number of anilines is 6. The summed E-state index contributed by atoms with van der Waals surface area (Å²) < 4.78 is 12.8. The first-order chi connectivity index (χ1) is 33.6. The van der Waals surface area contributed by atoms with Crippen LogP contribution in [0.5, 0.6) is 11.5 Å². The smallest absolute Gasteiger partial charge is 0.252 e. The minimum Gasteiger partial charge on any atom is -0.454 e. The SMILES string of the molecule is Cc1cc2c3c(c1)N(c1ccc(C(C)(C)C)cc1-c1ccccc1)c1c(ccc4c1OCO4)B3c1cc(C(C)(C)C)ccc1N2c1cc(-c2ccc(C(C)(C)C)cc2)cc(-c2ccc(C(C)(C)C)cc2)c1. The lowest BCUT2D eigenvalue weighted by atomic mass is 9.33. The highest BCUT2D eigenvalue weighted by Crippen LogP contribution is 2.53. The van der Waals surface area contributed by atoms with Gasteiger partial charge in [0.1, 0.15) is 0 Å². The molecule has 0 atom stereocenters. The van der Waals surface area contributed by atoms with Crippen molar-refractivity contribution in [3.05, 3.63) is 186 Å². The van der Waals surface area contributed by atoms with Crippen molar-refractivity contribution in [3.8, 4) is 44.9 Å². The van der Waals surface area contributed by atoms with E-state index in [1.165, 1.54) is 89.0 Å². The predicted octanol–water partition coefficient (Wildman–Crippen LogP) is 16.0. The van der Waals surface area contributed by atoms with Crippen molar-refractivity contribution in [3.63, 3.8) is 0 Å². The molecule has 0 amide bonds. The Morgan fingerprint density at radius 1 is 0.408 bits per heavy atom. The van der Waals surface area contributed by atoms with E-state index in [0.717, 1.165) is 34.2 Å². The van der Waals surface area contributed by atoms with E-state index in [4.69, 9.17) is 9.47 Å². The van der Waals surface area contributed by atoms with Gasteiger partial charge in [0.15, 0.2) is 11.5 Å². The number of ether oxygens (including phenoxy) is 2. The molecule has 3 aliphatic heterocycles. The lowest BCUT2D eigenvalue weighted by Gasteiger charge is -2.45.